The molecule has 1 aliphatic heterocycles. The molecule has 3 aromatic carbocycles. The maximum absolute atomic E-state index is 13.6. The number of rotatable bonds is 6. The van der Waals surface area contributed by atoms with Gasteiger partial charge in [-0.1, -0.05) is 71.5 Å². The number of benzene rings is 3. The molecule has 1 saturated heterocycles. The van der Waals surface area contributed by atoms with Gasteiger partial charge in [-0.25, -0.2) is 0 Å². The van der Waals surface area contributed by atoms with Gasteiger partial charge in [0.25, 0.3) is 5.91 Å². The minimum Gasteiger partial charge on any atom is -0.457 e. The van der Waals surface area contributed by atoms with E-state index in [1.54, 1.807) is 43.3 Å². The molecule has 0 N–H and O–H groups in total. The molecule has 35 heavy (non-hydrogen) atoms. The Balaban J connectivity index is 1.59. The van der Waals surface area contributed by atoms with Gasteiger partial charge < -0.3 is 4.74 Å². The fraction of sp³-hybridized carbons (Fsp3) is 0.148. The van der Waals surface area contributed by atoms with Crippen LogP contribution in [0, 0.1) is 19.8 Å². The lowest BCUT2D eigenvalue weighted by molar-refractivity contribution is -0.135. The predicted molar refractivity (Wildman–Crippen MR) is 132 cm³/mol. The molecule has 2 unspecified atom stereocenters. The molecule has 0 radical (unpaired) electrons. The van der Waals surface area contributed by atoms with Crippen molar-refractivity contribution >= 4 is 33.9 Å². The Morgan fingerprint density at radius 1 is 0.886 bits per heavy atom. The summed E-state index contributed by atoms with van der Waals surface area (Å²) in [6.07, 6.45) is 0. The van der Waals surface area contributed by atoms with Crippen molar-refractivity contribution in [3.05, 3.63) is 101 Å². The number of aromatic nitrogens is 2. The van der Waals surface area contributed by atoms with Crippen molar-refractivity contribution in [1.29, 1.82) is 0 Å². The third-order valence-corrected chi connectivity index (χ3v) is 6.66. The third kappa shape index (κ3) is 4.36. The van der Waals surface area contributed by atoms with E-state index in [4.69, 9.17) is 4.74 Å². The molecule has 7 nitrogen and oxygen atoms in total. The largest absolute Gasteiger partial charge is 0.457 e. The Labute approximate surface area is 206 Å². The van der Waals surface area contributed by atoms with Gasteiger partial charge in [-0.2, -0.15) is 0 Å². The molecule has 2 heterocycles. The highest BCUT2D eigenvalue weighted by molar-refractivity contribution is 7.15. The Hall–Kier alpha value is -4.17. The van der Waals surface area contributed by atoms with Crippen molar-refractivity contribution < 1.29 is 19.1 Å². The minimum absolute atomic E-state index is 0.277. The molecule has 1 aromatic heterocycles. The molecule has 0 aliphatic carbocycles. The lowest BCUT2D eigenvalue weighted by Crippen LogP contribution is -2.30. The molecule has 0 saturated carbocycles. The molecule has 0 spiro atoms. The zero-order chi connectivity index (χ0) is 24.5. The zero-order valence-electron chi connectivity index (χ0n) is 19.0. The SMILES string of the molecule is Cc1ccc(C(=O)C2C(=O)C(=O)N(c3nnc(C)s3)C2c2cccc(Oc3ccccc3)c2)cc1. The highest BCUT2D eigenvalue weighted by Crippen LogP contribution is 2.43. The summed E-state index contributed by atoms with van der Waals surface area (Å²) >= 11 is 1.20. The summed E-state index contributed by atoms with van der Waals surface area (Å²) in [6, 6.07) is 22.5. The average molecular weight is 484 g/mol. The van der Waals surface area contributed by atoms with Gasteiger partial charge in [-0.3, -0.25) is 19.3 Å². The van der Waals surface area contributed by atoms with Crippen LogP contribution in [-0.4, -0.2) is 27.7 Å². The number of nitrogens with zero attached hydrogens (tertiary/aromatic N) is 3. The lowest BCUT2D eigenvalue weighted by atomic mass is 9.86. The van der Waals surface area contributed by atoms with Gasteiger partial charge in [0, 0.05) is 5.56 Å². The first-order valence-corrected chi connectivity index (χ1v) is 11.9. The average Bonchev–Trinajstić information content (AvgIpc) is 3.40. The van der Waals surface area contributed by atoms with E-state index in [1.807, 2.05) is 49.4 Å². The second-order valence-corrected chi connectivity index (χ2v) is 9.44. The van der Waals surface area contributed by atoms with E-state index in [0.717, 1.165) is 5.56 Å². The first kappa shape index (κ1) is 22.6. The molecule has 5 rings (SSSR count). The summed E-state index contributed by atoms with van der Waals surface area (Å²) in [5.74, 6) is -2.00. The number of para-hydroxylation sites is 1. The van der Waals surface area contributed by atoms with Crippen molar-refractivity contribution in [2.45, 2.75) is 19.9 Å². The number of amides is 1. The van der Waals surface area contributed by atoms with Gasteiger partial charge >= 0.3 is 0 Å². The van der Waals surface area contributed by atoms with E-state index < -0.39 is 29.4 Å². The Kier molecular flexibility index (Phi) is 5.96. The fourth-order valence-electron chi connectivity index (χ4n) is 4.15. The van der Waals surface area contributed by atoms with Crippen molar-refractivity contribution in [3.8, 4) is 11.5 Å². The zero-order valence-corrected chi connectivity index (χ0v) is 19.9. The predicted octanol–water partition coefficient (Wildman–Crippen LogP) is 5.10. The maximum Gasteiger partial charge on any atom is 0.297 e. The van der Waals surface area contributed by atoms with Crippen LogP contribution >= 0.6 is 11.3 Å². The summed E-state index contributed by atoms with van der Waals surface area (Å²) < 4.78 is 5.97. The Morgan fingerprint density at radius 3 is 2.29 bits per heavy atom. The summed E-state index contributed by atoms with van der Waals surface area (Å²) in [5.41, 5.74) is 1.96. The molecule has 1 aliphatic rings. The van der Waals surface area contributed by atoms with Crippen LogP contribution in [0.4, 0.5) is 5.13 Å². The number of Topliss-reactive ketones (excluding diaryl/α,β-unsaturated/α-hetero) is 2. The van der Waals surface area contributed by atoms with E-state index in [-0.39, 0.29) is 5.13 Å². The molecule has 174 valence electrons. The van der Waals surface area contributed by atoms with Crippen molar-refractivity contribution in [2.75, 3.05) is 4.90 Å². The summed E-state index contributed by atoms with van der Waals surface area (Å²) in [5, 5.41) is 9.04. The summed E-state index contributed by atoms with van der Waals surface area (Å²) in [7, 11) is 0. The fourth-order valence-corrected chi connectivity index (χ4v) is 4.87. The smallest absolute Gasteiger partial charge is 0.297 e. The van der Waals surface area contributed by atoms with Gasteiger partial charge in [0.15, 0.2) is 5.78 Å². The quantitative estimate of drug-likeness (QED) is 0.215. The monoisotopic (exact) mass is 483 g/mol. The first-order valence-electron chi connectivity index (χ1n) is 11.0. The number of hydrogen-bond donors (Lipinski definition) is 0. The molecule has 2 atom stereocenters. The van der Waals surface area contributed by atoms with Crippen LogP contribution in [0.2, 0.25) is 0 Å². The van der Waals surface area contributed by atoms with Crippen LogP contribution in [0.15, 0.2) is 78.9 Å². The van der Waals surface area contributed by atoms with Crippen LogP contribution < -0.4 is 9.64 Å². The molecule has 8 heteroatoms. The first-order chi connectivity index (χ1) is 16.9. The summed E-state index contributed by atoms with van der Waals surface area (Å²) in [6.45, 7) is 3.68. The normalized spacial score (nSPS) is 17.6. The van der Waals surface area contributed by atoms with Gasteiger partial charge in [0.1, 0.15) is 22.4 Å². The lowest BCUT2D eigenvalue weighted by Gasteiger charge is -2.25. The topological polar surface area (TPSA) is 89.5 Å². The number of carbonyl (C=O) groups excluding carboxylic acids is 3. The van der Waals surface area contributed by atoms with E-state index in [9.17, 15) is 14.4 Å². The van der Waals surface area contributed by atoms with Crippen molar-refractivity contribution in [3.63, 3.8) is 0 Å². The van der Waals surface area contributed by atoms with Crippen LogP contribution in [0.5, 0.6) is 11.5 Å². The molecular formula is C27H21N3O4S. The van der Waals surface area contributed by atoms with E-state index >= 15 is 0 Å². The standard InChI is InChI=1S/C27H21N3O4S/c1-16-11-13-18(14-12-16)24(31)22-23(30(26(33)25(22)32)27-29-28-17(2)35-27)19-7-6-10-21(15-19)34-20-8-4-3-5-9-20/h3-15,22-23H,1-2H3. The van der Waals surface area contributed by atoms with Crippen LogP contribution in [-0.2, 0) is 9.59 Å². The molecule has 4 aromatic rings. The molecular weight excluding hydrogens is 462 g/mol. The number of anilines is 1. The van der Waals surface area contributed by atoms with Crippen LogP contribution in [0.25, 0.3) is 0 Å². The molecule has 1 fully saturated rings. The number of carbonyl (C=O) groups is 3. The number of hydrogen-bond acceptors (Lipinski definition) is 7. The number of aryl methyl sites for hydroxylation is 2. The van der Waals surface area contributed by atoms with E-state index in [0.29, 0.717) is 27.6 Å². The molecule has 0 bridgehead atoms. The van der Waals surface area contributed by atoms with E-state index in [1.165, 1.54) is 16.2 Å². The van der Waals surface area contributed by atoms with Crippen molar-refractivity contribution in [2.24, 2.45) is 5.92 Å². The van der Waals surface area contributed by atoms with Gasteiger partial charge in [-0.05, 0) is 43.7 Å². The number of ether oxygens (including phenoxy) is 1. The van der Waals surface area contributed by atoms with Gasteiger partial charge in [-0.15, -0.1) is 10.2 Å². The highest BCUT2D eigenvalue weighted by atomic mass is 32.1. The third-order valence-electron chi connectivity index (χ3n) is 5.82. The van der Waals surface area contributed by atoms with Crippen LogP contribution in [0.1, 0.15) is 32.5 Å². The van der Waals surface area contributed by atoms with Crippen LogP contribution in [0.3, 0.4) is 0 Å². The second kappa shape index (κ2) is 9.23. The molecule has 1 amide bonds. The second-order valence-electron chi connectivity index (χ2n) is 8.28. The minimum atomic E-state index is -1.22. The van der Waals surface area contributed by atoms with Gasteiger partial charge in [0.2, 0.25) is 10.9 Å². The highest BCUT2D eigenvalue weighted by Gasteiger charge is 2.53. The Bertz CT molecular complexity index is 1420. The van der Waals surface area contributed by atoms with E-state index in [2.05, 4.69) is 10.2 Å². The Morgan fingerprint density at radius 2 is 1.60 bits per heavy atom. The van der Waals surface area contributed by atoms with Gasteiger partial charge in [0.05, 0.1) is 6.04 Å². The van der Waals surface area contributed by atoms with Crippen molar-refractivity contribution in [1.82, 2.24) is 10.2 Å². The number of ketones is 2. The maximum atomic E-state index is 13.6. The summed E-state index contributed by atoms with van der Waals surface area (Å²) in [4.78, 5) is 41.3.